The van der Waals surface area contributed by atoms with E-state index in [-0.39, 0.29) is 10.6 Å². The average molecular weight is 275 g/mol. The summed E-state index contributed by atoms with van der Waals surface area (Å²) in [6.45, 7) is 1.72. The molecule has 2 rings (SSSR count). The maximum absolute atomic E-state index is 12.4. The summed E-state index contributed by atoms with van der Waals surface area (Å²) in [6, 6.07) is 0. The zero-order valence-electron chi connectivity index (χ0n) is 9.14. The van der Waals surface area contributed by atoms with Gasteiger partial charge in [0.15, 0.2) is 5.01 Å². The smallest absolute Gasteiger partial charge is 0.381 e. The van der Waals surface area contributed by atoms with Crippen LogP contribution >= 0.6 is 11.3 Å². The van der Waals surface area contributed by atoms with E-state index in [1.807, 2.05) is 0 Å². The third kappa shape index (κ3) is 2.65. The predicted octanol–water partition coefficient (Wildman–Crippen LogP) is 2.34. The van der Waals surface area contributed by atoms with Crippen LogP contribution in [0.5, 0.6) is 0 Å². The van der Waals surface area contributed by atoms with Crippen molar-refractivity contribution in [2.45, 2.75) is 19.2 Å². The summed E-state index contributed by atoms with van der Waals surface area (Å²) in [5, 5.41) is 8.87. The van der Waals surface area contributed by atoms with Gasteiger partial charge in [-0.1, -0.05) is 0 Å². The average Bonchev–Trinajstić information content (AvgIpc) is 2.78. The van der Waals surface area contributed by atoms with Crippen molar-refractivity contribution in [2.75, 3.05) is 0 Å². The fraction of sp³-hybridized carbons (Fsp3) is 0.300. The number of rotatable bonds is 2. The van der Waals surface area contributed by atoms with Crippen LogP contribution in [-0.4, -0.2) is 20.1 Å². The van der Waals surface area contributed by atoms with Crippen LogP contribution in [0.2, 0.25) is 0 Å². The van der Waals surface area contributed by atoms with E-state index in [0.29, 0.717) is 17.0 Å². The minimum Gasteiger partial charge on any atom is -0.381 e. The molecule has 1 atom stereocenters. The molecule has 0 spiro atoms. The van der Waals surface area contributed by atoms with Gasteiger partial charge in [-0.05, 0) is 6.92 Å². The zero-order valence-corrected chi connectivity index (χ0v) is 9.96. The van der Waals surface area contributed by atoms with Crippen molar-refractivity contribution in [1.29, 1.82) is 0 Å². The first-order chi connectivity index (χ1) is 8.38. The lowest BCUT2D eigenvalue weighted by molar-refractivity contribution is -0.137. The molecule has 96 valence electrons. The van der Waals surface area contributed by atoms with E-state index < -0.39 is 17.3 Å². The third-order valence-electron chi connectivity index (χ3n) is 2.12. The molecule has 0 amide bonds. The van der Waals surface area contributed by atoms with Gasteiger partial charge in [0, 0.05) is 12.4 Å². The highest BCUT2D eigenvalue weighted by Crippen LogP contribution is 2.35. The number of aliphatic hydroxyl groups excluding tert-OH is 1. The summed E-state index contributed by atoms with van der Waals surface area (Å²) in [4.78, 5) is 11.2. The van der Waals surface area contributed by atoms with E-state index in [4.69, 9.17) is 0 Å². The minimum atomic E-state index is -4.50. The van der Waals surface area contributed by atoms with Crippen molar-refractivity contribution in [1.82, 2.24) is 15.0 Å². The Morgan fingerprint density at radius 3 is 2.39 bits per heavy atom. The van der Waals surface area contributed by atoms with Gasteiger partial charge in [0.25, 0.3) is 0 Å². The van der Waals surface area contributed by atoms with Crippen molar-refractivity contribution in [3.05, 3.63) is 39.9 Å². The van der Waals surface area contributed by atoms with Gasteiger partial charge in [-0.3, -0.25) is 9.97 Å². The number of thiazole rings is 1. The molecule has 2 aromatic heterocycles. The van der Waals surface area contributed by atoms with E-state index >= 15 is 0 Å². The SMILES string of the molecule is Cc1cnc(C(O)c2cnc(C(F)(F)F)s2)cn1. The van der Waals surface area contributed by atoms with Crippen molar-refractivity contribution < 1.29 is 18.3 Å². The molecule has 0 aromatic carbocycles. The summed E-state index contributed by atoms with van der Waals surface area (Å²) in [7, 11) is 0. The Morgan fingerprint density at radius 2 is 1.89 bits per heavy atom. The Bertz CT molecular complexity index is 538. The largest absolute Gasteiger partial charge is 0.443 e. The van der Waals surface area contributed by atoms with Crippen molar-refractivity contribution >= 4 is 11.3 Å². The molecule has 18 heavy (non-hydrogen) atoms. The first-order valence-electron chi connectivity index (χ1n) is 4.87. The first kappa shape index (κ1) is 12.9. The molecular formula is C10H8F3N3OS. The van der Waals surface area contributed by atoms with Gasteiger partial charge in [0.05, 0.1) is 22.5 Å². The van der Waals surface area contributed by atoms with Crippen LogP contribution in [-0.2, 0) is 6.18 Å². The van der Waals surface area contributed by atoms with E-state index in [1.54, 1.807) is 6.92 Å². The zero-order chi connectivity index (χ0) is 13.3. The van der Waals surface area contributed by atoms with Crippen LogP contribution in [0.15, 0.2) is 18.6 Å². The molecule has 0 fully saturated rings. The van der Waals surface area contributed by atoms with Gasteiger partial charge in [-0.15, -0.1) is 11.3 Å². The van der Waals surface area contributed by atoms with Crippen LogP contribution in [0.3, 0.4) is 0 Å². The Hall–Kier alpha value is -1.54. The molecule has 2 aromatic rings. The molecule has 0 aliphatic rings. The normalized spacial score (nSPS) is 13.6. The molecular weight excluding hydrogens is 267 g/mol. The number of aromatic nitrogens is 3. The van der Waals surface area contributed by atoms with Gasteiger partial charge in [0.2, 0.25) is 0 Å². The number of hydrogen-bond acceptors (Lipinski definition) is 5. The highest BCUT2D eigenvalue weighted by atomic mass is 32.1. The summed E-state index contributed by atoms with van der Waals surface area (Å²) >= 11 is 0.393. The lowest BCUT2D eigenvalue weighted by atomic mass is 10.2. The van der Waals surface area contributed by atoms with Gasteiger partial charge in [-0.2, -0.15) is 13.2 Å². The molecule has 0 saturated heterocycles. The topological polar surface area (TPSA) is 58.9 Å². The lowest BCUT2D eigenvalue weighted by Gasteiger charge is -2.06. The second-order valence-corrected chi connectivity index (χ2v) is 4.61. The number of halogens is 3. The predicted molar refractivity (Wildman–Crippen MR) is 57.9 cm³/mol. The molecule has 1 N–H and O–H groups in total. The van der Waals surface area contributed by atoms with E-state index in [9.17, 15) is 18.3 Å². The van der Waals surface area contributed by atoms with E-state index in [1.165, 1.54) is 12.4 Å². The lowest BCUT2D eigenvalue weighted by Crippen LogP contribution is -2.03. The number of hydrogen-bond donors (Lipinski definition) is 1. The van der Waals surface area contributed by atoms with Crippen molar-refractivity contribution in [3.8, 4) is 0 Å². The quantitative estimate of drug-likeness (QED) is 0.914. The molecule has 0 bridgehead atoms. The summed E-state index contributed by atoms with van der Waals surface area (Å²) in [5.41, 5.74) is 0.851. The molecule has 2 heterocycles. The van der Waals surface area contributed by atoms with Gasteiger partial charge in [-0.25, -0.2) is 4.98 Å². The number of aliphatic hydroxyl groups is 1. The monoisotopic (exact) mass is 275 g/mol. The van der Waals surface area contributed by atoms with Crippen molar-refractivity contribution in [3.63, 3.8) is 0 Å². The fourth-order valence-corrected chi connectivity index (χ4v) is 2.02. The number of nitrogens with zero attached hydrogens (tertiary/aromatic N) is 3. The molecule has 0 radical (unpaired) electrons. The highest BCUT2D eigenvalue weighted by Gasteiger charge is 2.35. The van der Waals surface area contributed by atoms with Gasteiger partial charge in [0.1, 0.15) is 6.10 Å². The number of aryl methyl sites for hydroxylation is 1. The summed E-state index contributed by atoms with van der Waals surface area (Å²) < 4.78 is 37.1. The van der Waals surface area contributed by atoms with Crippen LogP contribution < -0.4 is 0 Å². The van der Waals surface area contributed by atoms with Crippen LogP contribution in [0.1, 0.15) is 27.4 Å². The summed E-state index contributed by atoms with van der Waals surface area (Å²) in [5.74, 6) is 0. The van der Waals surface area contributed by atoms with Gasteiger partial charge >= 0.3 is 6.18 Å². The Balaban J connectivity index is 2.26. The highest BCUT2D eigenvalue weighted by molar-refractivity contribution is 7.11. The van der Waals surface area contributed by atoms with Crippen molar-refractivity contribution in [2.24, 2.45) is 0 Å². The molecule has 0 aliphatic carbocycles. The Morgan fingerprint density at radius 1 is 1.17 bits per heavy atom. The molecule has 8 heteroatoms. The second kappa shape index (κ2) is 4.62. The maximum atomic E-state index is 12.4. The third-order valence-corrected chi connectivity index (χ3v) is 3.21. The molecule has 1 unspecified atom stereocenters. The van der Waals surface area contributed by atoms with Crippen LogP contribution in [0.25, 0.3) is 0 Å². The van der Waals surface area contributed by atoms with Gasteiger partial charge < -0.3 is 5.11 Å². The van der Waals surface area contributed by atoms with E-state index in [0.717, 1.165) is 6.20 Å². The second-order valence-electron chi connectivity index (χ2n) is 3.55. The summed E-state index contributed by atoms with van der Waals surface area (Å²) in [6.07, 6.45) is -1.98. The standard InChI is InChI=1S/C10H8F3N3OS/c1-5-2-15-6(3-14-5)8(17)7-4-16-9(18-7)10(11,12)13/h2-4,8,17H,1H3. The van der Waals surface area contributed by atoms with E-state index in [2.05, 4.69) is 15.0 Å². The number of alkyl halides is 3. The molecule has 4 nitrogen and oxygen atoms in total. The fourth-order valence-electron chi connectivity index (χ4n) is 1.23. The first-order valence-corrected chi connectivity index (χ1v) is 5.69. The molecule has 0 aliphatic heterocycles. The maximum Gasteiger partial charge on any atom is 0.443 e. The minimum absolute atomic E-state index is 0.0838. The van der Waals surface area contributed by atoms with Crippen LogP contribution in [0.4, 0.5) is 13.2 Å². The molecule has 0 saturated carbocycles. The van der Waals surface area contributed by atoms with Crippen LogP contribution in [0, 0.1) is 6.92 Å². The Kier molecular flexibility index (Phi) is 3.31. The Labute approximate surface area is 104 Å².